The smallest absolute Gasteiger partial charge is 0.299 e. The van der Waals surface area contributed by atoms with E-state index in [1.165, 1.54) is 4.90 Å². The lowest BCUT2D eigenvalue weighted by Gasteiger charge is -2.21. The predicted molar refractivity (Wildman–Crippen MR) is 137 cm³/mol. The van der Waals surface area contributed by atoms with Gasteiger partial charge in [0.25, 0.3) is 11.7 Å². The van der Waals surface area contributed by atoms with E-state index in [0.717, 1.165) is 44.3 Å². The van der Waals surface area contributed by atoms with Crippen LogP contribution < -0.4 is 9.64 Å². The van der Waals surface area contributed by atoms with Crippen molar-refractivity contribution in [2.45, 2.75) is 46.1 Å². The number of amides is 2. The predicted octanol–water partition coefficient (Wildman–Crippen LogP) is 4.68. The van der Waals surface area contributed by atoms with Crippen LogP contribution in [0, 0.1) is 0 Å². The molecule has 0 unspecified atom stereocenters. The Bertz CT molecular complexity index is 1190. The van der Waals surface area contributed by atoms with Gasteiger partial charge in [0.05, 0.1) is 12.2 Å². The molecule has 7 heteroatoms. The summed E-state index contributed by atoms with van der Waals surface area (Å²) in [6.07, 6.45) is 6.01. The highest BCUT2D eigenvalue weighted by molar-refractivity contribution is 6.48. The lowest BCUT2D eigenvalue weighted by Crippen LogP contribution is -2.36. The fourth-order valence-corrected chi connectivity index (χ4v) is 4.69. The quantitative estimate of drug-likeness (QED) is 0.350. The molecule has 2 heterocycles. The van der Waals surface area contributed by atoms with Crippen molar-refractivity contribution in [2.24, 2.45) is 0 Å². The standard InChI is InChI=1S/C28H33N3O4/c1-3-31(21-13-15-22(16-14-21)35-4-2)28(34)27(33)24-19-30(25-12-8-7-11-23(24)25)20-26(32)29-17-9-5-6-10-18-29/h7-8,11-16,19H,3-6,9-10,17-18,20H2,1-2H3. The van der Waals surface area contributed by atoms with Crippen LogP contribution in [0.1, 0.15) is 49.9 Å². The molecule has 0 radical (unpaired) electrons. The largest absolute Gasteiger partial charge is 0.494 e. The van der Waals surface area contributed by atoms with Crippen LogP contribution in [-0.2, 0) is 16.1 Å². The Labute approximate surface area is 206 Å². The van der Waals surface area contributed by atoms with Gasteiger partial charge in [-0.25, -0.2) is 0 Å². The van der Waals surface area contributed by atoms with Gasteiger partial charge in [-0.15, -0.1) is 0 Å². The van der Waals surface area contributed by atoms with Crippen LogP contribution in [0.5, 0.6) is 5.75 Å². The fourth-order valence-electron chi connectivity index (χ4n) is 4.69. The number of Topliss-reactive ketones (excluding diaryl/α,β-unsaturated/α-hetero) is 1. The molecule has 0 atom stereocenters. The summed E-state index contributed by atoms with van der Waals surface area (Å²) in [6, 6.07) is 14.6. The van der Waals surface area contributed by atoms with E-state index in [0.29, 0.717) is 35.5 Å². The molecular weight excluding hydrogens is 442 g/mol. The third-order valence-corrected chi connectivity index (χ3v) is 6.51. The van der Waals surface area contributed by atoms with Crippen molar-refractivity contribution in [1.82, 2.24) is 9.47 Å². The van der Waals surface area contributed by atoms with Crippen LogP contribution in [0.15, 0.2) is 54.7 Å². The SMILES string of the molecule is CCOc1ccc(N(CC)C(=O)C(=O)c2cn(CC(=O)N3CCCCCC3)c3ccccc23)cc1. The summed E-state index contributed by atoms with van der Waals surface area (Å²) < 4.78 is 7.28. The molecule has 1 saturated heterocycles. The van der Waals surface area contributed by atoms with Crippen LogP contribution in [-0.4, -0.2) is 53.3 Å². The molecule has 0 spiro atoms. The van der Waals surface area contributed by atoms with Gasteiger partial charge in [0, 0.05) is 42.4 Å². The summed E-state index contributed by atoms with van der Waals surface area (Å²) in [5.41, 5.74) is 1.73. The van der Waals surface area contributed by atoms with Gasteiger partial charge in [-0.05, 0) is 57.0 Å². The Morgan fingerprint density at radius 2 is 1.60 bits per heavy atom. The zero-order chi connectivity index (χ0) is 24.8. The second-order valence-electron chi connectivity index (χ2n) is 8.79. The molecule has 0 saturated carbocycles. The number of hydrogen-bond acceptors (Lipinski definition) is 4. The van der Waals surface area contributed by atoms with Gasteiger partial charge in [0.15, 0.2) is 0 Å². The van der Waals surface area contributed by atoms with Crippen LogP contribution in [0.3, 0.4) is 0 Å². The number of rotatable bonds is 8. The first-order valence-electron chi connectivity index (χ1n) is 12.5. The summed E-state index contributed by atoms with van der Waals surface area (Å²) in [4.78, 5) is 43.1. The first kappa shape index (κ1) is 24.5. The zero-order valence-corrected chi connectivity index (χ0v) is 20.5. The maximum absolute atomic E-state index is 13.4. The minimum Gasteiger partial charge on any atom is -0.494 e. The van der Waals surface area contributed by atoms with E-state index >= 15 is 0 Å². The van der Waals surface area contributed by atoms with Crippen molar-refractivity contribution in [3.05, 3.63) is 60.3 Å². The molecule has 184 valence electrons. The molecule has 1 aliphatic rings. The van der Waals surface area contributed by atoms with Crippen LogP contribution >= 0.6 is 0 Å². The van der Waals surface area contributed by atoms with Gasteiger partial charge in [-0.2, -0.15) is 0 Å². The van der Waals surface area contributed by atoms with Gasteiger partial charge in [-0.1, -0.05) is 31.0 Å². The van der Waals surface area contributed by atoms with E-state index < -0.39 is 11.7 Å². The van der Waals surface area contributed by atoms with Crippen LogP contribution in [0.2, 0.25) is 0 Å². The first-order valence-corrected chi connectivity index (χ1v) is 12.5. The molecule has 2 aromatic carbocycles. The maximum Gasteiger partial charge on any atom is 0.299 e. The molecule has 1 aliphatic heterocycles. The third kappa shape index (κ3) is 5.39. The van der Waals surface area contributed by atoms with E-state index in [4.69, 9.17) is 4.74 Å². The number of benzene rings is 2. The molecule has 0 bridgehead atoms. The topological polar surface area (TPSA) is 71.8 Å². The van der Waals surface area contributed by atoms with E-state index in [1.807, 2.05) is 43.0 Å². The summed E-state index contributed by atoms with van der Waals surface area (Å²) >= 11 is 0. The molecule has 4 rings (SSSR count). The monoisotopic (exact) mass is 475 g/mol. The molecule has 1 aromatic heterocycles. The summed E-state index contributed by atoms with van der Waals surface area (Å²) in [6.45, 7) is 6.35. The number of likely N-dealkylation sites (tertiary alicyclic amines) is 1. The molecular formula is C28H33N3O4. The highest BCUT2D eigenvalue weighted by atomic mass is 16.5. The van der Waals surface area contributed by atoms with E-state index in [9.17, 15) is 14.4 Å². The number of para-hydroxylation sites is 1. The Kier molecular flexibility index (Phi) is 7.85. The Morgan fingerprint density at radius 3 is 2.26 bits per heavy atom. The molecule has 3 aromatic rings. The number of ether oxygens (including phenoxy) is 1. The minimum absolute atomic E-state index is 0.0440. The maximum atomic E-state index is 13.4. The van der Waals surface area contributed by atoms with Crippen LogP contribution in [0.25, 0.3) is 10.9 Å². The average Bonchev–Trinajstić information content (AvgIpc) is 3.04. The second kappa shape index (κ2) is 11.2. The number of likely N-dealkylation sites (N-methyl/N-ethyl adjacent to an activating group) is 1. The molecule has 0 N–H and O–H groups in total. The lowest BCUT2D eigenvalue weighted by molar-refractivity contribution is -0.131. The highest BCUT2D eigenvalue weighted by Crippen LogP contribution is 2.25. The Morgan fingerprint density at radius 1 is 0.914 bits per heavy atom. The summed E-state index contributed by atoms with van der Waals surface area (Å²) in [5, 5.41) is 0.678. The van der Waals surface area contributed by atoms with E-state index in [1.54, 1.807) is 35.0 Å². The number of carbonyl (C=O) groups is 3. The second-order valence-corrected chi connectivity index (χ2v) is 8.79. The van der Waals surface area contributed by atoms with Gasteiger partial charge in [0.1, 0.15) is 12.3 Å². The number of nitrogens with zero attached hydrogens (tertiary/aromatic N) is 3. The number of anilines is 1. The first-order chi connectivity index (χ1) is 17.0. The van der Waals surface area contributed by atoms with Gasteiger partial charge in [0.2, 0.25) is 5.91 Å². The number of fused-ring (bicyclic) bond motifs is 1. The van der Waals surface area contributed by atoms with Gasteiger partial charge in [-0.3, -0.25) is 14.4 Å². The molecule has 2 amide bonds. The Hall–Kier alpha value is -3.61. The number of carbonyl (C=O) groups excluding carboxylic acids is 3. The van der Waals surface area contributed by atoms with Crippen molar-refractivity contribution in [2.75, 3.05) is 31.1 Å². The number of hydrogen-bond donors (Lipinski definition) is 0. The summed E-state index contributed by atoms with van der Waals surface area (Å²) in [5.74, 6) is -0.429. The normalized spacial score (nSPS) is 13.9. The highest BCUT2D eigenvalue weighted by Gasteiger charge is 2.27. The van der Waals surface area contributed by atoms with Crippen molar-refractivity contribution < 1.29 is 19.1 Å². The van der Waals surface area contributed by atoms with Crippen molar-refractivity contribution in [1.29, 1.82) is 0 Å². The fraction of sp³-hybridized carbons (Fsp3) is 0.393. The van der Waals surface area contributed by atoms with Gasteiger partial charge < -0.3 is 19.1 Å². The van der Waals surface area contributed by atoms with E-state index in [2.05, 4.69) is 0 Å². The lowest BCUT2D eigenvalue weighted by atomic mass is 10.1. The molecule has 1 fully saturated rings. The van der Waals surface area contributed by atoms with Crippen LogP contribution in [0.4, 0.5) is 5.69 Å². The van der Waals surface area contributed by atoms with E-state index in [-0.39, 0.29) is 12.5 Å². The molecule has 7 nitrogen and oxygen atoms in total. The number of ketones is 1. The Balaban J connectivity index is 1.59. The van der Waals surface area contributed by atoms with Gasteiger partial charge >= 0.3 is 0 Å². The number of aromatic nitrogens is 1. The van der Waals surface area contributed by atoms with Crippen molar-refractivity contribution in [3.63, 3.8) is 0 Å². The van der Waals surface area contributed by atoms with Crippen molar-refractivity contribution >= 4 is 34.2 Å². The molecule has 0 aliphatic carbocycles. The average molecular weight is 476 g/mol. The zero-order valence-electron chi connectivity index (χ0n) is 20.5. The minimum atomic E-state index is -0.599. The third-order valence-electron chi connectivity index (χ3n) is 6.51. The summed E-state index contributed by atoms with van der Waals surface area (Å²) in [7, 11) is 0. The van der Waals surface area contributed by atoms with Crippen molar-refractivity contribution in [3.8, 4) is 5.75 Å². The molecule has 35 heavy (non-hydrogen) atoms.